The molecule has 0 saturated carbocycles. The number of carbonyl (C=O) groups is 1. The third kappa shape index (κ3) is 4.03. The van der Waals surface area contributed by atoms with Gasteiger partial charge in [0.1, 0.15) is 0 Å². The first-order valence-corrected chi connectivity index (χ1v) is 9.09. The summed E-state index contributed by atoms with van der Waals surface area (Å²) in [6, 6.07) is 6.12. The maximum atomic E-state index is 12.2. The van der Waals surface area contributed by atoms with Gasteiger partial charge in [-0.15, -0.1) is 10.2 Å². The molecule has 1 aromatic heterocycles. The number of nitrogens with one attached hydrogen (secondary N) is 2. The Hall–Kier alpha value is -2.15. The predicted molar refractivity (Wildman–Crippen MR) is 99.1 cm³/mol. The first-order valence-electron chi connectivity index (χ1n) is 8.28. The standard InChI is InChI=1S/C17H23N5OS/c1-11-8-12(2)10-14(9-11)18-15(23)19-16-20-21-17(24-16)22-7-5-4-6-13(22)3/h8-10,13H,4-7H2,1-3H3,(H2,18,19,20,23)/t13-/m1/s1. The predicted octanol–water partition coefficient (Wildman–Crippen LogP) is 4.18. The normalized spacial score (nSPS) is 17.6. The van der Waals surface area contributed by atoms with E-state index < -0.39 is 0 Å². The highest BCUT2D eigenvalue weighted by atomic mass is 32.1. The summed E-state index contributed by atoms with van der Waals surface area (Å²) in [7, 11) is 0. The van der Waals surface area contributed by atoms with E-state index in [1.54, 1.807) is 0 Å². The second-order valence-corrected chi connectivity index (χ2v) is 7.34. The minimum atomic E-state index is -0.297. The van der Waals surface area contributed by atoms with Crippen molar-refractivity contribution < 1.29 is 4.79 Å². The molecular weight excluding hydrogens is 322 g/mol. The van der Waals surface area contributed by atoms with Gasteiger partial charge in [-0.05, 0) is 63.3 Å². The van der Waals surface area contributed by atoms with Gasteiger partial charge in [0.15, 0.2) is 0 Å². The monoisotopic (exact) mass is 345 g/mol. The Balaban J connectivity index is 1.62. The van der Waals surface area contributed by atoms with E-state index in [1.165, 1.54) is 30.6 Å². The Morgan fingerprint density at radius 3 is 2.62 bits per heavy atom. The molecule has 1 aliphatic rings. The Labute approximate surface area is 146 Å². The summed E-state index contributed by atoms with van der Waals surface area (Å²) < 4.78 is 0. The summed E-state index contributed by atoms with van der Waals surface area (Å²) in [6.45, 7) is 7.23. The molecule has 0 spiro atoms. The average Bonchev–Trinajstić information content (AvgIpc) is 2.94. The van der Waals surface area contributed by atoms with Crippen LogP contribution >= 0.6 is 11.3 Å². The van der Waals surface area contributed by atoms with E-state index in [0.29, 0.717) is 11.2 Å². The minimum Gasteiger partial charge on any atom is -0.344 e. The number of hydrogen-bond donors (Lipinski definition) is 2. The van der Waals surface area contributed by atoms with E-state index in [-0.39, 0.29) is 6.03 Å². The van der Waals surface area contributed by atoms with Crippen LogP contribution in [0, 0.1) is 13.8 Å². The molecule has 1 atom stereocenters. The van der Waals surface area contributed by atoms with Gasteiger partial charge in [0.25, 0.3) is 0 Å². The Morgan fingerprint density at radius 1 is 1.17 bits per heavy atom. The minimum absolute atomic E-state index is 0.297. The van der Waals surface area contributed by atoms with Crippen LogP contribution in [0.1, 0.15) is 37.3 Å². The van der Waals surface area contributed by atoms with E-state index >= 15 is 0 Å². The fourth-order valence-electron chi connectivity index (χ4n) is 3.07. The SMILES string of the molecule is Cc1cc(C)cc(NC(=O)Nc2nnc(N3CCCC[C@H]3C)s2)c1. The third-order valence-corrected chi connectivity index (χ3v) is 5.04. The number of aryl methyl sites for hydroxylation is 2. The van der Waals surface area contributed by atoms with Crippen molar-refractivity contribution in [1.82, 2.24) is 10.2 Å². The number of nitrogens with zero attached hydrogens (tertiary/aromatic N) is 3. The molecule has 0 aliphatic carbocycles. The highest BCUT2D eigenvalue weighted by Crippen LogP contribution is 2.29. The zero-order valence-electron chi connectivity index (χ0n) is 14.3. The molecular formula is C17H23N5OS. The number of piperidine rings is 1. The largest absolute Gasteiger partial charge is 0.344 e. The highest BCUT2D eigenvalue weighted by molar-refractivity contribution is 7.19. The van der Waals surface area contributed by atoms with Crippen molar-refractivity contribution >= 4 is 33.3 Å². The first kappa shape index (κ1) is 16.7. The summed E-state index contributed by atoms with van der Waals surface area (Å²) in [5.41, 5.74) is 3.00. The van der Waals surface area contributed by atoms with E-state index in [2.05, 4.69) is 38.7 Å². The lowest BCUT2D eigenvalue weighted by Crippen LogP contribution is -2.37. The second-order valence-electron chi connectivity index (χ2n) is 6.38. The quantitative estimate of drug-likeness (QED) is 0.875. The van der Waals surface area contributed by atoms with E-state index in [9.17, 15) is 4.79 Å². The molecule has 6 nitrogen and oxygen atoms in total. The number of anilines is 3. The molecule has 0 unspecified atom stereocenters. The number of urea groups is 1. The maximum Gasteiger partial charge on any atom is 0.325 e. The molecule has 2 N–H and O–H groups in total. The summed E-state index contributed by atoms with van der Waals surface area (Å²) >= 11 is 1.42. The summed E-state index contributed by atoms with van der Waals surface area (Å²) in [5, 5.41) is 15.3. The molecule has 1 fully saturated rings. The zero-order chi connectivity index (χ0) is 17.1. The zero-order valence-corrected chi connectivity index (χ0v) is 15.1. The molecule has 2 amide bonds. The Kier molecular flexibility index (Phi) is 4.99. The van der Waals surface area contributed by atoms with Crippen LogP contribution in [0.2, 0.25) is 0 Å². The van der Waals surface area contributed by atoms with Gasteiger partial charge in [-0.1, -0.05) is 17.4 Å². The van der Waals surface area contributed by atoms with E-state index in [1.807, 2.05) is 26.0 Å². The van der Waals surface area contributed by atoms with E-state index in [4.69, 9.17) is 0 Å². The number of carbonyl (C=O) groups excluding carboxylic acids is 1. The van der Waals surface area contributed by atoms with Crippen molar-refractivity contribution in [3.63, 3.8) is 0 Å². The van der Waals surface area contributed by atoms with Crippen molar-refractivity contribution in [3.8, 4) is 0 Å². The summed E-state index contributed by atoms with van der Waals surface area (Å²) in [4.78, 5) is 14.4. The average molecular weight is 345 g/mol. The van der Waals surface area contributed by atoms with Crippen molar-refractivity contribution in [2.75, 3.05) is 22.1 Å². The molecule has 1 aliphatic heterocycles. The molecule has 7 heteroatoms. The lowest BCUT2D eigenvalue weighted by atomic mass is 10.1. The molecule has 2 heterocycles. The van der Waals surface area contributed by atoms with Crippen LogP contribution in [0.3, 0.4) is 0 Å². The van der Waals surface area contributed by atoms with Crippen LogP contribution in [-0.4, -0.2) is 28.8 Å². The summed E-state index contributed by atoms with van der Waals surface area (Å²) in [5.74, 6) is 0. The fourth-order valence-corrected chi connectivity index (χ4v) is 3.94. The van der Waals surface area contributed by atoms with Crippen LogP contribution < -0.4 is 15.5 Å². The van der Waals surface area contributed by atoms with E-state index in [0.717, 1.165) is 28.5 Å². The topological polar surface area (TPSA) is 70.1 Å². The van der Waals surface area contributed by atoms with Gasteiger partial charge in [0, 0.05) is 18.3 Å². The van der Waals surface area contributed by atoms with Gasteiger partial charge in [0.2, 0.25) is 10.3 Å². The van der Waals surface area contributed by atoms with Crippen LogP contribution in [0.25, 0.3) is 0 Å². The van der Waals surface area contributed by atoms with Crippen molar-refractivity contribution in [3.05, 3.63) is 29.3 Å². The molecule has 1 aromatic carbocycles. The molecule has 0 bridgehead atoms. The van der Waals surface area contributed by atoms with Gasteiger partial charge < -0.3 is 10.2 Å². The highest BCUT2D eigenvalue weighted by Gasteiger charge is 2.22. The number of hydrogen-bond acceptors (Lipinski definition) is 5. The molecule has 2 aromatic rings. The van der Waals surface area contributed by atoms with Gasteiger partial charge in [-0.2, -0.15) is 0 Å². The molecule has 1 saturated heterocycles. The third-order valence-electron chi connectivity index (χ3n) is 4.16. The van der Waals surface area contributed by atoms with Crippen LogP contribution in [0.4, 0.5) is 20.7 Å². The number of rotatable bonds is 3. The maximum absolute atomic E-state index is 12.2. The van der Waals surface area contributed by atoms with Crippen LogP contribution in [0.5, 0.6) is 0 Å². The number of aromatic nitrogens is 2. The van der Waals surface area contributed by atoms with Crippen LogP contribution in [0.15, 0.2) is 18.2 Å². The van der Waals surface area contributed by atoms with Gasteiger partial charge in [-0.3, -0.25) is 5.32 Å². The Morgan fingerprint density at radius 2 is 1.92 bits per heavy atom. The second kappa shape index (κ2) is 7.17. The van der Waals surface area contributed by atoms with Crippen molar-refractivity contribution in [2.24, 2.45) is 0 Å². The van der Waals surface area contributed by atoms with Crippen molar-refractivity contribution in [2.45, 2.75) is 46.1 Å². The molecule has 24 heavy (non-hydrogen) atoms. The van der Waals surface area contributed by atoms with Crippen LogP contribution in [-0.2, 0) is 0 Å². The lowest BCUT2D eigenvalue weighted by molar-refractivity contribution is 0.262. The Bertz CT molecular complexity index is 709. The fraction of sp³-hybridized carbons (Fsp3) is 0.471. The summed E-state index contributed by atoms with van der Waals surface area (Å²) in [6.07, 6.45) is 3.62. The molecule has 0 radical (unpaired) electrons. The van der Waals surface area contributed by atoms with Gasteiger partial charge in [-0.25, -0.2) is 4.79 Å². The lowest BCUT2D eigenvalue weighted by Gasteiger charge is -2.32. The number of amides is 2. The van der Waals surface area contributed by atoms with Gasteiger partial charge in [0.05, 0.1) is 0 Å². The smallest absolute Gasteiger partial charge is 0.325 e. The number of benzene rings is 1. The first-order chi connectivity index (χ1) is 11.5. The van der Waals surface area contributed by atoms with Gasteiger partial charge >= 0.3 is 6.03 Å². The molecule has 3 rings (SSSR count). The molecule has 128 valence electrons. The van der Waals surface area contributed by atoms with Crippen molar-refractivity contribution in [1.29, 1.82) is 0 Å².